The zero-order valence-electron chi connectivity index (χ0n) is 28.4. The first-order valence-electron chi connectivity index (χ1n) is 17.1. The number of ketones is 2. The highest BCUT2D eigenvalue weighted by Crippen LogP contribution is 2.74. The molecule has 240 valence electrons. The first-order chi connectivity index (χ1) is 21.6. The normalized spacial score (nSPS) is 39.0. The van der Waals surface area contributed by atoms with Crippen LogP contribution < -0.4 is 0 Å². The Morgan fingerprint density at radius 1 is 0.957 bits per heavy atom. The highest BCUT2D eigenvalue weighted by molar-refractivity contribution is 6.03. The van der Waals surface area contributed by atoms with E-state index in [0.717, 1.165) is 56.1 Å². The lowest BCUT2D eigenvalue weighted by atomic mass is 9.34. The molecule has 0 N–H and O–H groups in total. The number of benzene rings is 1. The maximum absolute atomic E-state index is 15.0. The number of hydrogen-bond acceptors (Lipinski definition) is 4. The Labute approximate surface area is 273 Å². The van der Waals surface area contributed by atoms with Gasteiger partial charge in [-0.25, -0.2) is 9.83 Å². The van der Waals surface area contributed by atoms with Crippen molar-refractivity contribution in [3.63, 3.8) is 0 Å². The predicted molar refractivity (Wildman–Crippen MR) is 178 cm³/mol. The number of imidazole rings is 1. The van der Waals surface area contributed by atoms with Gasteiger partial charge in [0.05, 0.1) is 12.0 Å². The fourth-order valence-corrected chi connectivity index (χ4v) is 11.5. The predicted octanol–water partition coefficient (Wildman–Crippen LogP) is 8.76. The van der Waals surface area contributed by atoms with Crippen LogP contribution in [-0.2, 0) is 9.59 Å². The molecule has 0 radical (unpaired) electrons. The topological polar surface area (TPSA) is 73.4 Å². The first-order valence-corrected chi connectivity index (χ1v) is 17.1. The molecule has 0 aliphatic heterocycles. The fourth-order valence-electron chi connectivity index (χ4n) is 11.5. The average Bonchev–Trinajstić information content (AvgIpc) is 3.50. The second-order valence-electron chi connectivity index (χ2n) is 17.2. The van der Waals surface area contributed by atoms with Gasteiger partial charge in [0, 0.05) is 34.7 Å². The van der Waals surface area contributed by atoms with Gasteiger partial charge in [-0.3, -0.25) is 14.2 Å². The van der Waals surface area contributed by atoms with Crippen molar-refractivity contribution in [1.29, 1.82) is 0 Å². The Hall–Kier alpha value is -3.59. The van der Waals surface area contributed by atoms with Crippen molar-refractivity contribution in [2.45, 2.75) is 93.4 Å². The maximum Gasteiger partial charge on any atom is 0.238 e. The van der Waals surface area contributed by atoms with Crippen LogP contribution in [0.25, 0.3) is 16.2 Å². The fraction of sp³-hybridized carbons (Fsp3) is 0.575. The van der Waals surface area contributed by atoms with Gasteiger partial charge in [-0.15, -0.1) is 0 Å². The number of aromatic nitrogens is 2. The van der Waals surface area contributed by atoms with Crippen LogP contribution in [0, 0.1) is 56.8 Å². The molecular weight excluding hydrogens is 570 g/mol. The summed E-state index contributed by atoms with van der Waals surface area (Å²) in [6.07, 6.45) is 13.1. The van der Waals surface area contributed by atoms with Crippen LogP contribution in [0.1, 0.15) is 98.2 Å². The maximum atomic E-state index is 15.0. The second kappa shape index (κ2) is 9.72. The standard InChI is InChI=1S/C40H47N3O3/c1-35(2)16-18-40(34(46)43-21-20-42-33(43)25-12-10-9-11-13-25)19-17-39(7)31(26(40)23-35)28(44)22-30-37(5)24-27(41-8)32(45)36(3,4)29(37)14-15-38(30,39)6/h9-13,20-22,24,26,29,31H,14-19,23H2,1-7H3/t26?,29-,31?,37-,38+,39+,40-/m0/s1. The van der Waals surface area contributed by atoms with Gasteiger partial charge < -0.3 is 4.79 Å². The Morgan fingerprint density at radius 2 is 1.65 bits per heavy atom. The van der Waals surface area contributed by atoms with E-state index in [0.29, 0.717) is 5.82 Å². The molecule has 2 aromatic rings. The highest BCUT2D eigenvalue weighted by Gasteiger charge is 2.71. The Balaban J connectivity index is 1.37. The molecule has 46 heavy (non-hydrogen) atoms. The summed E-state index contributed by atoms with van der Waals surface area (Å²) in [4.78, 5) is 51.6. The van der Waals surface area contributed by atoms with Crippen LogP contribution in [0.15, 0.2) is 66.1 Å². The van der Waals surface area contributed by atoms with E-state index in [9.17, 15) is 9.59 Å². The molecule has 0 amide bonds. The van der Waals surface area contributed by atoms with E-state index in [1.165, 1.54) is 0 Å². The number of allylic oxidation sites excluding steroid dienone is 4. The summed E-state index contributed by atoms with van der Waals surface area (Å²) in [6, 6.07) is 9.89. The number of carbonyl (C=O) groups excluding carboxylic acids is 3. The average molecular weight is 618 g/mol. The summed E-state index contributed by atoms with van der Waals surface area (Å²) < 4.78 is 1.77. The molecular formula is C40H47N3O3. The van der Waals surface area contributed by atoms with Crippen molar-refractivity contribution in [3.05, 3.63) is 77.6 Å². The third kappa shape index (κ3) is 3.87. The van der Waals surface area contributed by atoms with Gasteiger partial charge in [0.2, 0.25) is 11.6 Å². The Morgan fingerprint density at radius 3 is 2.35 bits per heavy atom. The third-order valence-corrected chi connectivity index (χ3v) is 14.2. The largest absolute Gasteiger partial charge is 0.307 e. The number of fused-ring (bicyclic) bond motifs is 7. The number of hydrogen-bond donors (Lipinski definition) is 0. The first kappa shape index (κ1) is 31.0. The minimum Gasteiger partial charge on any atom is -0.307 e. The van der Waals surface area contributed by atoms with Gasteiger partial charge in [-0.1, -0.05) is 90.4 Å². The molecule has 1 aromatic heterocycles. The van der Waals surface area contributed by atoms with Crippen LogP contribution >= 0.6 is 0 Å². The van der Waals surface area contributed by atoms with E-state index in [1.54, 1.807) is 10.8 Å². The zero-order chi connectivity index (χ0) is 33.1. The highest BCUT2D eigenvalue weighted by atomic mass is 16.2. The minimum absolute atomic E-state index is 0.0136. The van der Waals surface area contributed by atoms with Gasteiger partial charge in [0.1, 0.15) is 5.82 Å². The Kier molecular flexibility index (Phi) is 6.56. The molecule has 6 heteroatoms. The van der Waals surface area contributed by atoms with Gasteiger partial charge in [-0.2, -0.15) is 0 Å². The van der Waals surface area contributed by atoms with Gasteiger partial charge in [0.15, 0.2) is 11.6 Å². The van der Waals surface area contributed by atoms with E-state index in [1.807, 2.05) is 62.5 Å². The van der Waals surface area contributed by atoms with Crippen LogP contribution in [0.3, 0.4) is 0 Å². The monoisotopic (exact) mass is 617 g/mol. The number of carbonyl (C=O) groups is 3. The van der Waals surface area contributed by atoms with E-state index >= 15 is 4.79 Å². The molecule has 0 saturated heterocycles. The number of rotatable bonds is 2. The van der Waals surface area contributed by atoms with Gasteiger partial charge in [0.25, 0.3) is 0 Å². The van der Waals surface area contributed by atoms with E-state index in [4.69, 9.17) is 6.57 Å². The molecule has 2 unspecified atom stereocenters. The van der Waals surface area contributed by atoms with Crippen molar-refractivity contribution >= 4 is 17.5 Å². The summed E-state index contributed by atoms with van der Waals surface area (Å²) in [5.74, 6) is 0.402. The van der Waals surface area contributed by atoms with Gasteiger partial charge in [-0.05, 0) is 79.1 Å². The zero-order valence-corrected chi connectivity index (χ0v) is 28.4. The molecule has 0 bridgehead atoms. The van der Waals surface area contributed by atoms with Crippen LogP contribution in [0.2, 0.25) is 0 Å². The van der Waals surface area contributed by atoms with Crippen molar-refractivity contribution in [3.8, 4) is 11.4 Å². The molecule has 1 aromatic carbocycles. The summed E-state index contributed by atoms with van der Waals surface area (Å²) in [6.45, 7) is 23.2. The summed E-state index contributed by atoms with van der Waals surface area (Å²) >= 11 is 0. The van der Waals surface area contributed by atoms with Gasteiger partial charge >= 0.3 is 0 Å². The molecule has 5 aliphatic rings. The van der Waals surface area contributed by atoms with Crippen LogP contribution in [-0.4, -0.2) is 27.0 Å². The minimum atomic E-state index is -0.685. The quantitative estimate of drug-likeness (QED) is 0.316. The summed E-state index contributed by atoms with van der Waals surface area (Å²) in [5, 5.41) is 0. The molecule has 0 spiro atoms. The number of Topliss-reactive ketones (excluding diaryl/α,β-unsaturated/α-hetero) is 1. The molecule has 5 aliphatic carbocycles. The van der Waals surface area contributed by atoms with Crippen molar-refractivity contribution in [2.75, 3.05) is 0 Å². The smallest absolute Gasteiger partial charge is 0.238 e. The van der Waals surface area contributed by atoms with Crippen LogP contribution in [0.4, 0.5) is 0 Å². The van der Waals surface area contributed by atoms with E-state index in [2.05, 4.69) is 44.4 Å². The summed E-state index contributed by atoms with van der Waals surface area (Å²) in [7, 11) is 0. The Bertz CT molecular complexity index is 1770. The van der Waals surface area contributed by atoms with E-state index in [-0.39, 0.29) is 57.2 Å². The second-order valence-corrected chi connectivity index (χ2v) is 17.2. The third-order valence-electron chi connectivity index (χ3n) is 14.2. The molecule has 3 saturated carbocycles. The number of nitrogens with zero attached hydrogens (tertiary/aromatic N) is 3. The van der Waals surface area contributed by atoms with Crippen molar-refractivity contribution < 1.29 is 14.4 Å². The molecule has 1 heterocycles. The SMILES string of the molecule is [C-]#[N+]C1=C[C@]2(C)C3=CC(=O)C4C5CC(C)(C)CC[C@]5(C(=O)n5ccnc5-c5ccccc5)CC[C@@]4(C)[C@]3(C)CC[C@H]2C(C)(C)C1=O. The van der Waals surface area contributed by atoms with Crippen LogP contribution in [0.5, 0.6) is 0 Å². The van der Waals surface area contributed by atoms with Crippen molar-refractivity contribution in [1.82, 2.24) is 9.55 Å². The molecule has 6 nitrogen and oxygen atoms in total. The van der Waals surface area contributed by atoms with E-state index < -0.39 is 16.2 Å². The van der Waals surface area contributed by atoms with Crippen molar-refractivity contribution in [2.24, 2.45) is 50.2 Å². The molecule has 7 rings (SSSR count). The molecule has 7 atom stereocenters. The lowest BCUT2D eigenvalue weighted by Crippen LogP contribution is -2.66. The lowest BCUT2D eigenvalue weighted by molar-refractivity contribution is -0.164. The summed E-state index contributed by atoms with van der Waals surface area (Å²) in [5.41, 5.74) is -0.358. The molecule has 3 fully saturated rings. The lowest BCUT2D eigenvalue weighted by Gasteiger charge is -2.69.